The molecular weight excluding hydrogens is 615 g/mol. The number of rotatable bonds is 5. The molecule has 3 heteroatoms. The molecule has 0 fully saturated rings. The van der Waals surface area contributed by atoms with Gasteiger partial charge in [-0.2, -0.15) is 0 Å². The molecule has 2 aromatic heterocycles. The molecule has 0 radical (unpaired) electrons. The Balaban J connectivity index is 1.28. The summed E-state index contributed by atoms with van der Waals surface area (Å²) in [5.74, 6) is 0. The fourth-order valence-corrected chi connectivity index (χ4v) is 8.44. The number of furan rings is 1. The van der Waals surface area contributed by atoms with Crippen molar-refractivity contribution in [1.82, 2.24) is 0 Å². The van der Waals surface area contributed by atoms with E-state index in [-0.39, 0.29) is 0 Å². The van der Waals surface area contributed by atoms with E-state index in [4.69, 9.17) is 4.42 Å². The van der Waals surface area contributed by atoms with E-state index >= 15 is 0 Å². The average Bonchev–Trinajstić information content (AvgIpc) is 3.73. The standard InChI is InChI=1S/C46H29NOS/c1-2-11-31(12-3-1)37-24-21-32(36-18-10-14-30-13-4-5-15-35(30)36)27-42(37)47(33-22-25-44-40(28-33)38-16-6-8-19-43(38)48-44)34-23-26-46-41(29-34)39-17-7-9-20-45(39)49-46/h1-29H. The minimum absolute atomic E-state index is 0.886. The largest absolute Gasteiger partial charge is 0.456 e. The number of benzene rings is 8. The summed E-state index contributed by atoms with van der Waals surface area (Å²) in [6.07, 6.45) is 0. The van der Waals surface area contributed by atoms with Gasteiger partial charge in [0.1, 0.15) is 11.2 Å². The van der Waals surface area contributed by atoms with Crippen molar-refractivity contribution in [3.05, 3.63) is 176 Å². The lowest BCUT2D eigenvalue weighted by Crippen LogP contribution is -2.11. The van der Waals surface area contributed by atoms with Crippen LogP contribution in [0.1, 0.15) is 0 Å². The Kier molecular flexibility index (Phi) is 6.39. The summed E-state index contributed by atoms with van der Waals surface area (Å²) in [4.78, 5) is 2.43. The second-order valence-electron chi connectivity index (χ2n) is 12.5. The van der Waals surface area contributed by atoms with Gasteiger partial charge in [0.05, 0.1) is 5.69 Å². The van der Waals surface area contributed by atoms with Crippen LogP contribution < -0.4 is 4.90 Å². The molecule has 10 aromatic rings. The molecule has 0 unspecified atom stereocenters. The van der Waals surface area contributed by atoms with Crippen LogP contribution in [0.5, 0.6) is 0 Å². The predicted octanol–water partition coefficient (Wildman–Crippen LogP) is 13.9. The second-order valence-corrected chi connectivity index (χ2v) is 13.6. The highest BCUT2D eigenvalue weighted by Gasteiger charge is 2.21. The van der Waals surface area contributed by atoms with Crippen molar-refractivity contribution in [2.24, 2.45) is 0 Å². The number of para-hydroxylation sites is 1. The van der Waals surface area contributed by atoms with Gasteiger partial charge in [0.2, 0.25) is 0 Å². The highest BCUT2D eigenvalue weighted by molar-refractivity contribution is 7.25. The molecule has 10 rings (SSSR count). The first kappa shape index (κ1) is 27.9. The lowest BCUT2D eigenvalue weighted by Gasteiger charge is -2.29. The highest BCUT2D eigenvalue weighted by atomic mass is 32.1. The Morgan fingerprint density at radius 1 is 0.388 bits per heavy atom. The van der Waals surface area contributed by atoms with Crippen LogP contribution in [0.4, 0.5) is 17.1 Å². The fraction of sp³-hybridized carbons (Fsp3) is 0. The van der Waals surface area contributed by atoms with Crippen LogP contribution in [0.3, 0.4) is 0 Å². The van der Waals surface area contributed by atoms with Crippen LogP contribution in [0.15, 0.2) is 180 Å². The van der Waals surface area contributed by atoms with Crippen LogP contribution >= 0.6 is 11.3 Å². The van der Waals surface area contributed by atoms with E-state index in [1.807, 2.05) is 23.5 Å². The molecule has 0 aliphatic rings. The number of fused-ring (bicyclic) bond motifs is 7. The van der Waals surface area contributed by atoms with Crippen LogP contribution in [0.2, 0.25) is 0 Å². The van der Waals surface area contributed by atoms with Gasteiger partial charge in [-0.15, -0.1) is 11.3 Å². The summed E-state index contributed by atoms with van der Waals surface area (Å²) >= 11 is 1.85. The topological polar surface area (TPSA) is 16.4 Å². The molecule has 49 heavy (non-hydrogen) atoms. The van der Waals surface area contributed by atoms with Gasteiger partial charge in [-0.1, -0.05) is 121 Å². The zero-order chi connectivity index (χ0) is 32.3. The van der Waals surface area contributed by atoms with Crippen molar-refractivity contribution in [2.45, 2.75) is 0 Å². The number of hydrogen-bond acceptors (Lipinski definition) is 3. The highest BCUT2D eigenvalue weighted by Crippen LogP contribution is 2.46. The molecule has 0 saturated heterocycles. The Labute approximate surface area is 287 Å². The first-order valence-corrected chi connectivity index (χ1v) is 17.4. The van der Waals surface area contributed by atoms with Gasteiger partial charge < -0.3 is 9.32 Å². The van der Waals surface area contributed by atoms with E-state index < -0.39 is 0 Å². The molecule has 2 heterocycles. The Bertz CT molecular complexity index is 2730. The normalized spacial score (nSPS) is 11.7. The molecule has 0 spiro atoms. The Hall–Kier alpha value is -6.16. The lowest BCUT2D eigenvalue weighted by atomic mass is 9.94. The quantitative estimate of drug-likeness (QED) is 0.186. The van der Waals surface area contributed by atoms with Crippen LogP contribution in [-0.2, 0) is 0 Å². The van der Waals surface area contributed by atoms with E-state index in [2.05, 4.69) is 169 Å². The van der Waals surface area contributed by atoms with Gasteiger partial charge in [0.25, 0.3) is 0 Å². The molecule has 0 N–H and O–H groups in total. The number of thiophene rings is 1. The van der Waals surface area contributed by atoms with Gasteiger partial charge in [-0.05, 0) is 82.1 Å². The maximum absolute atomic E-state index is 6.29. The maximum atomic E-state index is 6.29. The summed E-state index contributed by atoms with van der Waals surface area (Å²) in [5.41, 5.74) is 9.80. The molecule has 2 nitrogen and oxygen atoms in total. The number of anilines is 3. The Morgan fingerprint density at radius 3 is 1.96 bits per heavy atom. The Morgan fingerprint density at radius 2 is 1.06 bits per heavy atom. The van der Waals surface area contributed by atoms with Crippen LogP contribution in [0.25, 0.3) is 75.1 Å². The average molecular weight is 644 g/mol. The SMILES string of the molecule is c1ccc(-c2ccc(-c3cccc4ccccc34)cc2N(c2ccc3oc4ccccc4c3c2)c2ccc3sc4ccccc4c3c2)cc1. The minimum Gasteiger partial charge on any atom is -0.456 e. The zero-order valence-electron chi connectivity index (χ0n) is 26.5. The third kappa shape index (κ3) is 4.62. The van der Waals surface area contributed by atoms with E-state index in [1.165, 1.54) is 47.6 Å². The third-order valence-electron chi connectivity index (χ3n) is 9.66. The van der Waals surface area contributed by atoms with Gasteiger partial charge in [-0.3, -0.25) is 0 Å². The minimum atomic E-state index is 0.886. The van der Waals surface area contributed by atoms with Gasteiger partial charge in [-0.25, -0.2) is 0 Å². The van der Waals surface area contributed by atoms with Crippen molar-refractivity contribution >= 4 is 81.3 Å². The maximum Gasteiger partial charge on any atom is 0.135 e. The first-order valence-electron chi connectivity index (χ1n) is 16.6. The second kappa shape index (κ2) is 11.2. The molecule has 0 aliphatic carbocycles. The van der Waals surface area contributed by atoms with Crippen molar-refractivity contribution in [3.63, 3.8) is 0 Å². The van der Waals surface area contributed by atoms with E-state index in [1.54, 1.807) is 0 Å². The predicted molar refractivity (Wildman–Crippen MR) is 210 cm³/mol. The molecular formula is C46H29NOS. The monoisotopic (exact) mass is 643 g/mol. The van der Waals surface area contributed by atoms with Crippen LogP contribution in [0, 0.1) is 0 Å². The summed E-state index contributed by atoms with van der Waals surface area (Å²) in [6.45, 7) is 0. The van der Waals surface area contributed by atoms with Gasteiger partial charge >= 0.3 is 0 Å². The zero-order valence-corrected chi connectivity index (χ0v) is 27.3. The molecule has 0 bridgehead atoms. The van der Waals surface area contributed by atoms with Gasteiger partial charge in [0.15, 0.2) is 0 Å². The summed E-state index contributed by atoms with van der Waals surface area (Å²) in [6, 6.07) is 63.5. The van der Waals surface area contributed by atoms with E-state index in [9.17, 15) is 0 Å². The first-order chi connectivity index (χ1) is 24.3. The van der Waals surface area contributed by atoms with E-state index in [0.717, 1.165) is 44.6 Å². The fourth-order valence-electron chi connectivity index (χ4n) is 7.36. The van der Waals surface area contributed by atoms with Crippen molar-refractivity contribution < 1.29 is 4.42 Å². The molecule has 0 atom stereocenters. The molecule has 0 saturated carbocycles. The molecule has 0 amide bonds. The van der Waals surface area contributed by atoms with Gasteiger partial charge in [0, 0.05) is 47.9 Å². The third-order valence-corrected chi connectivity index (χ3v) is 10.8. The summed E-state index contributed by atoms with van der Waals surface area (Å²) < 4.78 is 8.88. The van der Waals surface area contributed by atoms with Crippen molar-refractivity contribution in [2.75, 3.05) is 4.90 Å². The number of nitrogens with zero attached hydrogens (tertiary/aromatic N) is 1. The molecule has 0 aliphatic heterocycles. The lowest BCUT2D eigenvalue weighted by molar-refractivity contribution is 0.669. The van der Waals surface area contributed by atoms with Crippen molar-refractivity contribution in [3.8, 4) is 22.3 Å². The van der Waals surface area contributed by atoms with E-state index in [0.29, 0.717) is 0 Å². The van der Waals surface area contributed by atoms with Crippen molar-refractivity contribution in [1.29, 1.82) is 0 Å². The smallest absolute Gasteiger partial charge is 0.135 e. The number of hydrogen-bond donors (Lipinski definition) is 0. The summed E-state index contributed by atoms with van der Waals surface area (Å²) in [7, 11) is 0. The molecule has 230 valence electrons. The molecule has 8 aromatic carbocycles. The summed E-state index contributed by atoms with van der Waals surface area (Å²) in [5, 5.41) is 7.25. The van der Waals surface area contributed by atoms with Crippen LogP contribution in [-0.4, -0.2) is 0 Å².